The lowest BCUT2D eigenvalue weighted by Gasteiger charge is -2.11. The molecule has 4 nitrogen and oxygen atoms in total. The third-order valence-corrected chi connectivity index (χ3v) is 2.43. The lowest BCUT2D eigenvalue weighted by Crippen LogP contribution is -2.21. The molecule has 0 fully saturated rings. The highest BCUT2D eigenvalue weighted by molar-refractivity contribution is 9.10. The van der Waals surface area contributed by atoms with Crippen LogP contribution in [-0.4, -0.2) is 11.2 Å². The van der Waals surface area contributed by atoms with Crippen LogP contribution in [0.3, 0.4) is 0 Å². The number of nitrogens with one attached hydrogen (secondary N) is 1. The Hall–Kier alpha value is -1.28. The van der Waals surface area contributed by atoms with Crippen molar-refractivity contribution in [1.29, 1.82) is 0 Å². The Labute approximate surface area is 102 Å². The van der Waals surface area contributed by atoms with Crippen LogP contribution in [0.4, 0.5) is 18.0 Å². The summed E-state index contributed by atoms with van der Waals surface area (Å²) in [5, 5.41) is 8.20. The van der Waals surface area contributed by atoms with Gasteiger partial charge in [0, 0.05) is 4.47 Å². The van der Waals surface area contributed by atoms with E-state index < -0.39 is 17.8 Å². The molecule has 1 amide bonds. The summed E-state index contributed by atoms with van der Waals surface area (Å²) in [4.78, 5) is 14.5. The number of carboxylic acid groups (broad SMARTS) is 1. The second-order valence-corrected chi connectivity index (χ2v) is 3.86. The first kappa shape index (κ1) is 13.8. The van der Waals surface area contributed by atoms with E-state index in [1.807, 2.05) is 0 Å². The number of hydrogen-bond acceptors (Lipinski definition) is 2. The molecule has 94 valence electrons. The zero-order valence-electron chi connectivity index (χ0n) is 8.21. The van der Waals surface area contributed by atoms with Crippen molar-refractivity contribution >= 4 is 22.0 Å². The Morgan fingerprint density at radius 3 is 2.65 bits per heavy atom. The van der Waals surface area contributed by atoms with Crippen molar-refractivity contribution in [2.24, 2.45) is 0 Å². The first-order valence-electron chi connectivity index (χ1n) is 4.27. The zero-order chi connectivity index (χ0) is 13.1. The summed E-state index contributed by atoms with van der Waals surface area (Å²) in [5.74, 6) is 0. The van der Waals surface area contributed by atoms with Crippen LogP contribution < -0.4 is 5.48 Å². The third-order valence-electron chi connectivity index (χ3n) is 1.73. The van der Waals surface area contributed by atoms with Crippen LogP contribution in [0.15, 0.2) is 22.7 Å². The van der Waals surface area contributed by atoms with Crippen LogP contribution in [0.25, 0.3) is 0 Å². The monoisotopic (exact) mass is 313 g/mol. The molecule has 2 N–H and O–H groups in total. The molecule has 0 aliphatic heterocycles. The highest BCUT2D eigenvalue weighted by Gasteiger charge is 2.33. The fraction of sp³-hybridized carbons (Fsp3) is 0.222. The summed E-state index contributed by atoms with van der Waals surface area (Å²) < 4.78 is 37.4. The molecule has 0 aliphatic carbocycles. The van der Waals surface area contributed by atoms with E-state index in [1.54, 1.807) is 5.48 Å². The van der Waals surface area contributed by atoms with Crippen molar-refractivity contribution in [1.82, 2.24) is 5.48 Å². The smallest absolute Gasteiger partial charge is 0.428 e. The maximum atomic E-state index is 12.5. The van der Waals surface area contributed by atoms with Crippen LogP contribution in [0.5, 0.6) is 0 Å². The maximum absolute atomic E-state index is 12.5. The summed E-state index contributed by atoms with van der Waals surface area (Å²) in [7, 11) is 0. The molecule has 0 radical (unpaired) electrons. The van der Waals surface area contributed by atoms with Crippen molar-refractivity contribution in [3.8, 4) is 0 Å². The Bertz CT molecular complexity index is 422. The van der Waals surface area contributed by atoms with Gasteiger partial charge in [0.25, 0.3) is 0 Å². The number of hydroxylamine groups is 1. The van der Waals surface area contributed by atoms with Gasteiger partial charge in [-0.3, -0.25) is 4.84 Å². The second kappa shape index (κ2) is 5.37. The zero-order valence-corrected chi connectivity index (χ0v) is 9.80. The number of alkyl halides is 3. The molecule has 1 rings (SSSR count). The average molecular weight is 314 g/mol. The topological polar surface area (TPSA) is 58.6 Å². The van der Waals surface area contributed by atoms with Gasteiger partial charge in [-0.05, 0) is 17.7 Å². The molecule has 0 bridgehead atoms. The molecule has 0 aliphatic rings. The molecule has 8 heteroatoms. The SMILES string of the molecule is O=C(O)NOCc1ccc(Br)c(C(F)(F)F)c1. The van der Waals surface area contributed by atoms with Gasteiger partial charge in [0.1, 0.15) is 0 Å². The van der Waals surface area contributed by atoms with Gasteiger partial charge in [-0.1, -0.05) is 22.0 Å². The van der Waals surface area contributed by atoms with Gasteiger partial charge < -0.3 is 5.11 Å². The first-order chi connectivity index (χ1) is 7.80. The van der Waals surface area contributed by atoms with Crippen LogP contribution in [-0.2, 0) is 17.6 Å². The van der Waals surface area contributed by atoms with E-state index in [0.717, 1.165) is 6.07 Å². The summed E-state index contributed by atoms with van der Waals surface area (Å²) in [6.45, 7) is -0.289. The minimum Gasteiger partial charge on any atom is -0.464 e. The van der Waals surface area contributed by atoms with Gasteiger partial charge in [-0.2, -0.15) is 18.7 Å². The quantitative estimate of drug-likeness (QED) is 0.843. The fourth-order valence-corrected chi connectivity index (χ4v) is 1.53. The van der Waals surface area contributed by atoms with Crippen molar-refractivity contribution in [2.45, 2.75) is 12.8 Å². The molecule has 0 aromatic heterocycles. The molecule has 0 saturated heterocycles. The molecule has 1 aromatic rings. The summed E-state index contributed by atoms with van der Waals surface area (Å²) in [6, 6.07) is 3.50. The summed E-state index contributed by atoms with van der Waals surface area (Å²) in [5.41, 5.74) is 0.955. The van der Waals surface area contributed by atoms with E-state index in [0.29, 0.717) is 0 Å². The average Bonchev–Trinajstić information content (AvgIpc) is 2.18. The third kappa shape index (κ3) is 4.23. The Kier molecular flexibility index (Phi) is 4.35. The minimum absolute atomic E-state index is 0.0834. The molecule has 0 unspecified atom stereocenters. The van der Waals surface area contributed by atoms with E-state index >= 15 is 0 Å². The first-order valence-corrected chi connectivity index (χ1v) is 5.06. The van der Waals surface area contributed by atoms with E-state index in [-0.39, 0.29) is 16.6 Å². The molecule has 0 saturated carbocycles. The van der Waals surface area contributed by atoms with Crippen molar-refractivity contribution in [3.63, 3.8) is 0 Å². The highest BCUT2D eigenvalue weighted by atomic mass is 79.9. The molecule has 0 heterocycles. The van der Waals surface area contributed by atoms with E-state index in [2.05, 4.69) is 20.8 Å². The molecular weight excluding hydrogens is 307 g/mol. The Morgan fingerprint density at radius 1 is 1.47 bits per heavy atom. The standard InChI is InChI=1S/C9H7BrF3NO3/c10-7-2-1-5(4-17-14-8(15)16)3-6(7)9(11,12)13/h1-3,14H,4H2,(H,15,16). The lowest BCUT2D eigenvalue weighted by molar-refractivity contribution is -0.138. The Balaban J connectivity index is 2.79. The predicted molar refractivity (Wildman–Crippen MR) is 55.1 cm³/mol. The normalized spacial score (nSPS) is 11.3. The fourth-order valence-electron chi connectivity index (χ4n) is 1.06. The largest absolute Gasteiger partial charge is 0.464 e. The van der Waals surface area contributed by atoms with E-state index in [1.165, 1.54) is 12.1 Å². The van der Waals surface area contributed by atoms with E-state index in [9.17, 15) is 18.0 Å². The van der Waals surface area contributed by atoms with Crippen LogP contribution >= 0.6 is 15.9 Å². The number of halogens is 4. The molecule has 0 spiro atoms. The van der Waals surface area contributed by atoms with Crippen LogP contribution in [0, 0.1) is 0 Å². The van der Waals surface area contributed by atoms with E-state index in [4.69, 9.17) is 5.11 Å². The minimum atomic E-state index is -4.48. The Morgan fingerprint density at radius 2 is 2.12 bits per heavy atom. The van der Waals surface area contributed by atoms with Gasteiger partial charge in [0.15, 0.2) is 0 Å². The summed E-state index contributed by atoms with van der Waals surface area (Å²) >= 11 is 2.79. The number of hydrogen-bond donors (Lipinski definition) is 2. The number of rotatable bonds is 3. The predicted octanol–water partition coefficient (Wildman–Crippen LogP) is 3.17. The number of amides is 1. The molecule has 0 atom stereocenters. The number of benzene rings is 1. The van der Waals surface area contributed by atoms with Crippen LogP contribution in [0.2, 0.25) is 0 Å². The van der Waals surface area contributed by atoms with Gasteiger partial charge in [0.2, 0.25) is 0 Å². The van der Waals surface area contributed by atoms with Crippen molar-refractivity contribution in [2.75, 3.05) is 0 Å². The molecule has 1 aromatic carbocycles. The highest BCUT2D eigenvalue weighted by Crippen LogP contribution is 2.35. The molecular formula is C9H7BrF3NO3. The summed E-state index contributed by atoms with van der Waals surface area (Å²) in [6.07, 6.45) is -5.90. The van der Waals surface area contributed by atoms with Gasteiger partial charge in [-0.15, -0.1) is 0 Å². The van der Waals surface area contributed by atoms with Crippen molar-refractivity contribution < 1.29 is 27.9 Å². The lowest BCUT2D eigenvalue weighted by atomic mass is 10.1. The van der Waals surface area contributed by atoms with Crippen molar-refractivity contribution in [3.05, 3.63) is 33.8 Å². The number of carbonyl (C=O) groups is 1. The van der Waals surface area contributed by atoms with Crippen LogP contribution in [0.1, 0.15) is 11.1 Å². The molecule has 17 heavy (non-hydrogen) atoms. The second-order valence-electron chi connectivity index (χ2n) is 3.01. The van der Waals surface area contributed by atoms with Gasteiger partial charge in [-0.25, -0.2) is 4.79 Å². The van der Waals surface area contributed by atoms with Gasteiger partial charge in [0.05, 0.1) is 12.2 Å². The maximum Gasteiger partial charge on any atom is 0.428 e. The van der Waals surface area contributed by atoms with Gasteiger partial charge >= 0.3 is 12.3 Å².